The average Bonchev–Trinajstić information content (AvgIpc) is 3.32. The molecule has 0 aliphatic carbocycles. The SMILES string of the molecule is O=C1c2c(OCF)ccc(-c3cncnc3)c2C(=O)N1CCc1cn2ccccc2n1. The molecule has 154 valence electrons. The Morgan fingerprint density at radius 1 is 1.00 bits per heavy atom. The molecule has 1 aliphatic rings. The van der Waals surface area contributed by atoms with Crippen LogP contribution in [0.25, 0.3) is 16.8 Å². The summed E-state index contributed by atoms with van der Waals surface area (Å²) in [5.74, 6) is -0.954. The molecule has 0 radical (unpaired) electrons. The largest absolute Gasteiger partial charge is 0.462 e. The van der Waals surface area contributed by atoms with E-state index in [1.807, 2.05) is 35.0 Å². The van der Waals surface area contributed by atoms with Gasteiger partial charge in [0.2, 0.25) is 6.86 Å². The van der Waals surface area contributed by atoms with E-state index in [4.69, 9.17) is 4.74 Å². The van der Waals surface area contributed by atoms with Crippen molar-refractivity contribution >= 4 is 17.5 Å². The molecule has 0 unspecified atom stereocenters. The summed E-state index contributed by atoms with van der Waals surface area (Å²) in [5.41, 5.74) is 2.83. The van der Waals surface area contributed by atoms with Crippen molar-refractivity contribution in [2.24, 2.45) is 0 Å². The van der Waals surface area contributed by atoms with E-state index >= 15 is 0 Å². The fourth-order valence-corrected chi connectivity index (χ4v) is 3.78. The van der Waals surface area contributed by atoms with Gasteiger partial charge in [-0.05, 0) is 29.8 Å². The molecule has 0 saturated heterocycles. The number of fused-ring (bicyclic) bond motifs is 2. The van der Waals surface area contributed by atoms with Crippen LogP contribution in [0, 0.1) is 0 Å². The number of imide groups is 1. The topological polar surface area (TPSA) is 89.7 Å². The molecule has 8 nitrogen and oxygen atoms in total. The molecule has 0 N–H and O–H groups in total. The van der Waals surface area contributed by atoms with Crippen molar-refractivity contribution in [1.29, 1.82) is 0 Å². The molecule has 0 spiro atoms. The van der Waals surface area contributed by atoms with Crippen LogP contribution < -0.4 is 4.74 Å². The van der Waals surface area contributed by atoms with Crippen molar-refractivity contribution in [3.8, 4) is 16.9 Å². The number of pyridine rings is 1. The number of hydrogen-bond acceptors (Lipinski definition) is 6. The Labute approximate surface area is 176 Å². The maximum Gasteiger partial charge on any atom is 0.265 e. The van der Waals surface area contributed by atoms with Crippen LogP contribution in [0.15, 0.2) is 61.4 Å². The number of carbonyl (C=O) groups excluding carboxylic acids is 2. The number of aromatic nitrogens is 4. The highest BCUT2D eigenvalue weighted by atomic mass is 19.1. The molecule has 4 heterocycles. The lowest BCUT2D eigenvalue weighted by molar-refractivity contribution is 0.0654. The first kappa shape index (κ1) is 18.9. The minimum atomic E-state index is -1.11. The van der Waals surface area contributed by atoms with E-state index in [9.17, 15) is 14.0 Å². The van der Waals surface area contributed by atoms with Gasteiger partial charge in [-0.2, -0.15) is 0 Å². The number of hydrogen-bond donors (Lipinski definition) is 0. The zero-order chi connectivity index (χ0) is 21.4. The summed E-state index contributed by atoms with van der Waals surface area (Å²) in [6, 6.07) is 8.75. The Hall–Kier alpha value is -4.14. The number of ether oxygens (including phenoxy) is 1. The second-order valence-corrected chi connectivity index (χ2v) is 6.95. The molecular formula is C22H16FN5O3. The minimum Gasteiger partial charge on any atom is -0.462 e. The second kappa shape index (κ2) is 7.60. The lowest BCUT2D eigenvalue weighted by Gasteiger charge is -2.13. The summed E-state index contributed by atoms with van der Waals surface area (Å²) in [5, 5.41) is 0. The summed E-state index contributed by atoms with van der Waals surface area (Å²) in [4.78, 5) is 40.0. The molecule has 4 aromatic rings. The van der Waals surface area contributed by atoms with Gasteiger partial charge in [-0.25, -0.2) is 19.3 Å². The molecule has 9 heteroatoms. The maximum absolute atomic E-state index is 13.2. The van der Waals surface area contributed by atoms with Gasteiger partial charge in [0.1, 0.15) is 17.7 Å². The summed E-state index contributed by atoms with van der Waals surface area (Å²) in [6.07, 6.45) is 8.60. The molecule has 3 aromatic heterocycles. The highest BCUT2D eigenvalue weighted by molar-refractivity contribution is 6.25. The summed E-state index contributed by atoms with van der Waals surface area (Å²) in [7, 11) is 0. The van der Waals surface area contributed by atoms with Crippen molar-refractivity contribution in [3.05, 3.63) is 78.3 Å². The van der Waals surface area contributed by atoms with Crippen LogP contribution in [0.4, 0.5) is 4.39 Å². The Balaban J connectivity index is 1.49. The third-order valence-electron chi connectivity index (χ3n) is 5.17. The average molecular weight is 417 g/mol. The molecule has 2 amide bonds. The van der Waals surface area contributed by atoms with Crippen molar-refractivity contribution in [2.45, 2.75) is 6.42 Å². The van der Waals surface area contributed by atoms with Crippen molar-refractivity contribution in [1.82, 2.24) is 24.3 Å². The normalized spacial score (nSPS) is 13.1. The van der Waals surface area contributed by atoms with E-state index in [-0.39, 0.29) is 23.4 Å². The number of imidazole rings is 1. The van der Waals surface area contributed by atoms with Crippen LogP contribution in [0.2, 0.25) is 0 Å². The Bertz CT molecular complexity index is 1270. The van der Waals surface area contributed by atoms with E-state index in [1.165, 1.54) is 12.4 Å². The number of halogens is 1. The predicted octanol–water partition coefficient (Wildman–Crippen LogP) is 2.94. The van der Waals surface area contributed by atoms with E-state index < -0.39 is 18.7 Å². The molecule has 5 rings (SSSR count). The van der Waals surface area contributed by atoms with Crippen molar-refractivity contribution < 1.29 is 18.7 Å². The highest BCUT2D eigenvalue weighted by Gasteiger charge is 2.40. The summed E-state index contributed by atoms with van der Waals surface area (Å²) < 4.78 is 19.8. The number of carbonyl (C=O) groups is 2. The van der Waals surface area contributed by atoms with Gasteiger partial charge in [-0.3, -0.25) is 14.5 Å². The second-order valence-electron chi connectivity index (χ2n) is 6.95. The zero-order valence-corrected chi connectivity index (χ0v) is 16.2. The number of rotatable bonds is 6. The summed E-state index contributed by atoms with van der Waals surface area (Å²) in [6.45, 7) is -0.973. The van der Waals surface area contributed by atoms with Crippen LogP contribution in [0.1, 0.15) is 26.4 Å². The molecule has 1 aromatic carbocycles. The molecular weight excluding hydrogens is 401 g/mol. The van der Waals surface area contributed by atoms with Gasteiger partial charge in [0.25, 0.3) is 11.8 Å². The molecule has 0 atom stereocenters. The van der Waals surface area contributed by atoms with E-state index in [0.29, 0.717) is 17.5 Å². The van der Waals surface area contributed by atoms with E-state index in [0.717, 1.165) is 16.2 Å². The Morgan fingerprint density at radius 2 is 1.81 bits per heavy atom. The third-order valence-corrected chi connectivity index (χ3v) is 5.17. The van der Waals surface area contributed by atoms with Gasteiger partial charge in [0.15, 0.2) is 0 Å². The smallest absolute Gasteiger partial charge is 0.265 e. The monoisotopic (exact) mass is 417 g/mol. The lowest BCUT2D eigenvalue weighted by atomic mass is 9.97. The summed E-state index contributed by atoms with van der Waals surface area (Å²) >= 11 is 0. The Morgan fingerprint density at radius 3 is 2.58 bits per heavy atom. The molecule has 0 saturated carbocycles. The van der Waals surface area contributed by atoms with Crippen LogP contribution >= 0.6 is 0 Å². The number of nitrogens with zero attached hydrogens (tertiary/aromatic N) is 5. The molecule has 31 heavy (non-hydrogen) atoms. The van der Waals surface area contributed by atoms with Crippen LogP contribution in [0.5, 0.6) is 5.75 Å². The maximum atomic E-state index is 13.2. The van der Waals surface area contributed by atoms with E-state index in [1.54, 1.807) is 18.5 Å². The number of alkyl halides is 1. The molecule has 0 fully saturated rings. The Kier molecular flexibility index (Phi) is 4.62. The first-order valence-corrected chi connectivity index (χ1v) is 9.57. The third kappa shape index (κ3) is 3.20. The van der Waals surface area contributed by atoms with Crippen molar-refractivity contribution in [3.63, 3.8) is 0 Å². The van der Waals surface area contributed by atoms with Crippen molar-refractivity contribution in [2.75, 3.05) is 13.4 Å². The standard InChI is InChI=1S/C22H16FN5O3/c23-12-31-17-5-4-16(14-9-24-13-25-10-14)19-20(17)22(30)28(21(19)29)8-6-15-11-27-7-2-1-3-18(27)26-15/h1-5,7,9-11,13H,6,8,12H2. The zero-order valence-electron chi connectivity index (χ0n) is 16.2. The number of amides is 2. The fourth-order valence-electron chi connectivity index (χ4n) is 3.78. The van der Waals surface area contributed by atoms with E-state index in [2.05, 4.69) is 15.0 Å². The molecule has 1 aliphatic heterocycles. The van der Waals surface area contributed by atoms with Gasteiger partial charge < -0.3 is 9.14 Å². The molecule has 0 bridgehead atoms. The van der Waals surface area contributed by atoms with Gasteiger partial charge in [-0.15, -0.1) is 0 Å². The first-order valence-electron chi connectivity index (χ1n) is 9.57. The van der Waals surface area contributed by atoms with Gasteiger partial charge in [0.05, 0.1) is 16.8 Å². The van der Waals surface area contributed by atoms with Gasteiger partial charge in [-0.1, -0.05) is 6.07 Å². The minimum absolute atomic E-state index is 0.0340. The highest BCUT2D eigenvalue weighted by Crippen LogP contribution is 2.38. The first-order chi connectivity index (χ1) is 15.2. The van der Waals surface area contributed by atoms with Gasteiger partial charge >= 0.3 is 0 Å². The van der Waals surface area contributed by atoms with Crippen LogP contribution in [-0.2, 0) is 6.42 Å². The van der Waals surface area contributed by atoms with Crippen LogP contribution in [0.3, 0.4) is 0 Å². The predicted molar refractivity (Wildman–Crippen MR) is 108 cm³/mol. The number of benzene rings is 1. The van der Waals surface area contributed by atoms with Gasteiger partial charge in [0, 0.05) is 43.3 Å². The quantitative estimate of drug-likeness (QED) is 0.448. The fraction of sp³-hybridized carbons (Fsp3) is 0.136. The lowest BCUT2D eigenvalue weighted by Crippen LogP contribution is -2.32. The van der Waals surface area contributed by atoms with Crippen LogP contribution in [-0.4, -0.2) is 49.5 Å².